The minimum atomic E-state index is 0.123. The molecule has 1 atom stereocenters. The van der Waals surface area contributed by atoms with Crippen molar-refractivity contribution < 1.29 is 0 Å². The second-order valence-corrected chi connectivity index (χ2v) is 5.32. The predicted molar refractivity (Wildman–Crippen MR) is 76.6 cm³/mol. The van der Waals surface area contributed by atoms with Crippen LogP contribution in [-0.4, -0.2) is 26.8 Å². The van der Waals surface area contributed by atoms with E-state index in [1.807, 2.05) is 0 Å². The third-order valence-electron chi connectivity index (χ3n) is 3.07. The summed E-state index contributed by atoms with van der Waals surface area (Å²) in [5.41, 5.74) is 0.996. The maximum absolute atomic E-state index is 4.12. The first-order chi connectivity index (χ1) is 9.29. The average molecular weight is 273 g/mol. The Morgan fingerprint density at radius 1 is 1.37 bits per heavy atom. The van der Waals surface area contributed by atoms with Crippen molar-refractivity contribution in [2.45, 2.75) is 19.9 Å². The monoisotopic (exact) mass is 273 g/mol. The van der Waals surface area contributed by atoms with Gasteiger partial charge in [-0.25, -0.2) is 0 Å². The van der Waals surface area contributed by atoms with Gasteiger partial charge in [0, 0.05) is 4.70 Å². The zero-order chi connectivity index (χ0) is 13.2. The second-order valence-electron chi connectivity index (χ2n) is 4.37. The number of nitrogens with one attached hydrogen (secondary N) is 1. The van der Waals surface area contributed by atoms with E-state index >= 15 is 0 Å². The lowest BCUT2D eigenvalue weighted by molar-refractivity contribution is 0.550. The number of aromatic nitrogens is 4. The molecular formula is C13H15N5S. The van der Waals surface area contributed by atoms with Crippen LogP contribution in [0.15, 0.2) is 29.6 Å². The molecule has 0 aliphatic rings. The van der Waals surface area contributed by atoms with E-state index in [2.05, 4.69) is 64.3 Å². The number of thiophene rings is 1. The molecule has 0 spiro atoms. The van der Waals surface area contributed by atoms with Gasteiger partial charge in [-0.3, -0.25) is 0 Å². The van der Waals surface area contributed by atoms with Gasteiger partial charge in [0.2, 0.25) is 0 Å². The molecule has 2 heterocycles. The third-order valence-corrected chi connectivity index (χ3v) is 3.97. The highest BCUT2D eigenvalue weighted by molar-refractivity contribution is 7.17. The summed E-state index contributed by atoms with van der Waals surface area (Å²) in [7, 11) is 0. The first-order valence-corrected chi connectivity index (χ1v) is 7.17. The van der Waals surface area contributed by atoms with Gasteiger partial charge in [-0.05, 0) is 58.9 Å². The molecule has 0 radical (unpaired) electrons. The first kappa shape index (κ1) is 12.3. The molecule has 0 amide bonds. The summed E-state index contributed by atoms with van der Waals surface area (Å²) >= 11 is 1.74. The lowest BCUT2D eigenvalue weighted by Gasteiger charge is -2.12. The Balaban J connectivity index is 2.03. The number of hydrogen-bond acceptors (Lipinski definition) is 5. The molecule has 1 N–H and O–H groups in total. The van der Waals surface area contributed by atoms with Gasteiger partial charge in [0.05, 0.1) is 11.7 Å². The summed E-state index contributed by atoms with van der Waals surface area (Å²) in [4.78, 5) is 0. The number of fused-ring (bicyclic) bond motifs is 1. The molecule has 0 fully saturated rings. The molecule has 3 rings (SSSR count). The molecule has 2 aromatic heterocycles. The fraction of sp³-hybridized carbons (Fsp3) is 0.308. The van der Waals surface area contributed by atoms with Crippen LogP contribution in [-0.2, 0) is 0 Å². The molecule has 0 aliphatic carbocycles. The van der Waals surface area contributed by atoms with Crippen LogP contribution in [0.2, 0.25) is 0 Å². The quantitative estimate of drug-likeness (QED) is 0.793. The number of hydrogen-bond donors (Lipinski definition) is 1. The minimum Gasteiger partial charge on any atom is -0.308 e. The van der Waals surface area contributed by atoms with E-state index in [0.717, 1.165) is 18.1 Å². The van der Waals surface area contributed by atoms with E-state index in [-0.39, 0.29) is 6.04 Å². The van der Waals surface area contributed by atoms with Crippen LogP contribution in [0.1, 0.15) is 25.7 Å². The lowest BCUT2D eigenvalue weighted by Crippen LogP contribution is -2.21. The molecule has 0 aliphatic heterocycles. The molecular weight excluding hydrogens is 258 g/mol. The second kappa shape index (κ2) is 5.07. The van der Waals surface area contributed by atoms with Crippen molar-refractivity contribution >= 4 is 21.4 Å². The van der Waals surface area contributed by atoms with Crippen molar-refractivity contribution in [3.8, 4) is 5.69 Å². The number of rotatable bonds is 4. The van der Waals surface area contributed by atoms with Crippen molar-refractivity contribution in [1.29, 1.82) is 0 Å². The van der Waals surface area contributed by atoms with Crippen molar-refractivity contribution in [3.63, 3.8) is 0 Å². The summed E-state index contributed by atoms with van der Waals surface area (Å²) in [5, 5.41) is 18.7. The van der Waals surface area contributed by atoms with Crippen molar-refractivity contribution in [2.75, 3.05) is 6.54 Å². The van der Waals surface area contributed by atoms with Crippen LogP contribution < -0.4 is 5.32 Å². The maximum Gasteiger partial charge on any atom is 0.173 e. The van der Waals surface area contributed by atoms with Crippen LogP contribution in [0.5, 0.6) is 0 Å². The highest BCUT2D eigenvalue weighted by atomic mass is 32.1. The topological polar surface area (TPSA) is 55.6 Å². The molecule has 0 saturated carbocycles. The van der Waals surface area contributed by atoms with Gasteiger partial charge in [-0.1, -0.05) is 6.92 Å². The molecule has 0 saturated heterocycles. The zero-order valence-electron chi connectivity index (χ0n) is 10.9. The summed E-state index contributed by atoms with van der Waals surface area (Å²) < 4.78 is 3.07. The maximum atomic E-state index is 4.12. The standard InChI is InChI=1S/C13H15N5S/c1-3-14-9(2)13-15-16-17-18(13)11-4-5-12-10(8-11)6-7-19-12/h4-9,14H,3H2,1-2H3. The van der Waals surface area contributed by atoms with Crippen molar-refractivity contribution in [1.82, 2.24) is 25.5 Å². The molecule has 6 heteroatoms. The van der Waals surface area contributed by atoms with Gasteiger partial charge >= 0.3 is 0 Å². The van der Waals surface area contributed by atoms with Crippen LogP contribution >= 0.6 is 11.3 Å². The van der Waals surface area contributed by atoms with E-state index in [9.17, 15) is 0 Å². The largest absolute Gasteiger partial charge is 0.308 e. The normalized spacial score (nSPS) is 12.9. The Morgan fingerprint density at radius 2 is 2.26 bits per heavy atom. The molecule has 0 bridgehead atoms. The summed E-state index contributed by atoms with van der Waals surface area (Å²) in [6.45, 7) is 5.02. The van der Waals surface area contributed by atoms with E-state index < -0.39 is 0 Å². The van der Waals surface area contributed by atoms with E-state index in [1.165, 1.54) is 10.1 Å². The Labute approximate surface area is 115 Å². The van der Waals surface area contributed by atoms with E-state index in [0.29, 0.717) is 0 Å². The van der Waals surface area contributed by atoms with E-state index in [4.69, 9.17) is 0 Å². The van der Waals surface area contributed by atoms with Crippen LogP contribution in [0.25, 0.3) is 15.8 Å². The molecule has 3 aromatic rings. The van der Waals surface area contributed by atoms with Gasteiger partial charge < -0.3 is 5.32 Å². The molecule has 5 nitrogen and oxygen atoms in total. The zero-order valence-corrected chi connectivity index (χ0v) is 11.7. The molecule has 19 heavy (non-hydrogen) atoms. The number of benzene rings is 1. The van der Waals surface area contributed by atoms with Gasteiger partial charge in [-0.15, -0.1) is 16.4 Å². The summed E-state index contributed by atoms with van der Waals surface area (Å²) in [6.07, 6.45) is 0. The predicted octanol–water partition coefficient (Wildman–Crippen LogP) is 2.55. The molecule has 98 valence electrons. The fourth-order valence-electron chi connectivity index (χ4n) is 2.13. The van der Waals surface area contributed by atoms with Crippen LogP contribution in [0.4, 0.5) is 0 Å². The fourth-order valence-corrected chi connectivity index (χ4v) is 2.90. The first-order valence-electron chi connectivity index (χ1n) is 6.29. The van der Waals surface area contributed by atoms with Crippen molar-refractivity contribution in [2.24, 2.45) is 0 Å². The number of nitrogens with zero attached hydrogens (tertiary/aromatic N) is 4. The molecule has 1 aromatic carbocycles. The van der Waals surface area contributed by atoms with Gasteiger partial charge in [0.25, 0.3) is 0 Å². The summed E-state index contributed by atoms with van der Waals surface area (Å²) in [6, 6.07) is 8.51. The Morgan fingerprint density at radius 3 is 3.11 bits per heavy atom. The summed E-state index contributed by atoms with van der Waals surface area (Å²) in [5.74, 6) is 0.830. The van der Waals surface area contributed by atoms with Crippen LogP contribution in [0, 0.1) is 0 Å². The van der Waals surface area contributed by atoms with Gasteiger partial charge in [-0.2, -0.15) is 4.68 Å². The Hall–Kier alpha value is -1.79. The van der Waals surface area contributed by atoms with Gasteiger partial charge in [0.1, 0.15) is 0 Å². The lowest BCUT2D eigenvalue weighted by atomic mass is 10.2. The minimum absolute atomic E-state index is 0.123. The van der Waals surface area contributed by atoms with Gasteiger partial charge in [0.15, 0.2) is 5.82 Å². The highest BCUT2D eigenvalue weighted by Crippen LogP contribution is 2.24. The average Bonchev–Trinajstić information content (AvgIpc) is 3.07. The van der Waals surface area contributed by atoms with Crippen LogP contribution in [0.3, 0.4) is 0 Å². The van der Waals surface area contributed by atoms with E-state index in [1.54, 1.807) is 16.0 Å². The Kier molecular flexibility index (Phi) is 3.27. The molecule has 1 unspecified atom stereocenters. The highest BCUT2D eigenvalue weighted by Gasteiger charge is 2.14. The Bertz CT molecular complexity index is 687. The SMILES string of the molecule is CCNC(C)c1nnnn1-c1ccc2sccc2c1. The number of tetrazole rings is 1. The third kappa shape index (κ3) is 2.24. The van der Waals surface area contributed by atoms with Crippen molar-refractivity contribution in [3.05, 3.63) is 35.5 Å². The smallest absolute Gasteiger partial charge is 0.173 e.